The van der Waals surface area contributed by atoms with Crippen molar-refractivity contribution >= 4 is 11.6 Å². The summed E-state index contributed by atoms with van der Waals surface area (Å²) in [4.78, 5) is 10.1. The minimum Gasteiger partial charge on any atom is -0.396 e. The van der Waals surface area contributed by atoms with Crippen LogP contribution in [0.15, 0.2) is 12.4 Å². The van der Waals surface area contributed by atoms with E-state index in [4.69, 9.17) is 10.8 Å². The molecule has 1 rings (SSSR count). The van der Waals surface area contributed by atoms with Crippen LogP contribution in [-0.4, -0.2) is 34.3 Å². The molecule has 0 fully saturated rings. The second kappa shape index (κ2) is 5.50. The number of rotatable bonds is 5. The number of aromatic nitrogens is 2. The highest BCUT2D eigenvalue weighted by Gasteiger charge is 2.11. The van der Waals surface area contributed by atoms with Crippen LogP contribution in [0, 0.1) is 0 Å². The van der Waals surface area contributed by atoms with E-state index in [1.807, 2.05) is 0 Å². The molecule has 15 heavy (non-hydrogen) atoms. The third-order valence-corrected chi connectivity index (χ3v) is 2.15. The smallest absolute Gasteiger partial charge is 0.134 e. The van der Waals surface area contributed by atoms with Crippen molar-refractivity contribution in [2.45, 2.75) is 26.3 Å². The van der Waals surface area contributed by atoms with E-state index in [1.54, 1.807) is 6.07 Å². The number of hydrogen-bond donors (Lipinski definition) is 2. The minimum atomic E-state index is 0.184. The van der Waals surface area contributed by atoms with Crippen molar-refractivity contribution in [2.24, 2.45) is 0 Å². The molecule has 1 aromatic rings. The quantitative estimate of drug-likeness (QED) is 0.746. The second-order valence-electron chi connectivity index (χ2n) is 3.67. The fourth-order valence-corrected chi connectivity index (χ4v) is 1.40. The lowest BCUT2D eigenvalue weighted by molar-refractivity contribution is 0.288. The molecule has 0 spiro atoms. The predicted molar refractivity (Wildman–Crippen MR) is 60.6 cm³/mol. The van der Waals surface area contributed by atoms with Crippen LogP contribution in [0.3, 0.4) is 0 Å². The molecule has 0 saturated heterocycles. The largest absolute Gasteiger partial charge is 0.396 e. The van der Waals surface area contributed by atoms with E-state index in [1.165, 1.54) is 6.33 Å². The van der Waals surface area contributed by atoms with Crippen LogP contribution >= 0.6 is 0 Å². The Morgan fingerprint density at radius 2 is 2.20 bits per heavy atom. The van der Waals surface area contributed by atoms with Gasteiger partial charge in [0.25, 0.3) is 0 Å². The van der Waals surface area contributed by atoms with Gasteiger partial charge in [0, 0.05) is 25.3 Å². The summed E-state index contributed by atoms with van der Waals surface area (Å²) < 4.78 is 0. The molecule has 0 aromatic carbocycles. The van der Waals surface area contributed by atoms with Gasteiger partial charge < -0.3 is 15.7 Å². The maximum atomic E-state index is 8.81. The number of anilines is 2. The lowest BCUT2D eigenvalue weighted by Gasteiger charge is -2.27. The summed E-state index contributed by atoms with van der Waals surface area (Å²) in [5.74, 6) is 1.28. The molecule has 5 nitrogen and oxygen atoms in total. The SMILES string of the molecule is CC(C)N(CCCO)c1cc(N)ncn1. The first-order chi connectivity index (χ1) is 7.15. The van der Waals surface area contributed by atoms with Gasteiger partial charge in [0.15, 0.2) is 0 Å². The normalized spacial score (nSPS) is 10.7. The summed E-state index contributed by atoms with van der Waals surface area (Å²) in [6.45, 7) is 5.11. The Morgan fingerprint density at radius 3 is 2.73 bits per heavy atom. The van der Waals surface area contributed by atoms with Crippen molar-refractivity contribution < 1.29 is 5.11 Å². The Labute approximate surface area is 90.0 Å². The van der Waals surface area contributed by atoms with Crippen molar-refractivity contribution in [3.63, 3.8) is 0 Å². The Morgan fingerprint density at radius 1 is 1.47 bits per heavy atom. The summed E-state index contributed by atoms with van der Waals surface area (Å²) >= 11 is 0. The van der Waals surface area contributed by atoms with Crippen LogP contribution in [-0.2, 0) is 0 Å². The molecule has 3 N–H and O–H groups in total. The monoisotopic (exact) mass is 210 g/mol. The van der Waals surface area contributed by atoms with Gasteiger partial charge in [-0.3, -0.25) is 0 Å². The van der Waals surface area contributed by atoms with E-state index in [0.717, 1.165) is 18.8 Å². The Balaban J connectivity index is 2.79. The standard InChI is InChI=1S/C10H18N4O/c1-8(2)14(4-3-5-15)10-6-9(11)12-7-13-10/h6-8,15H,3-5H2,1-2H3,(H2,11,12,13). The molecule has 0 aliphatic rings. The fraction of sp³-hybridized carbons (Fsp3) is 0.600. The van der Waals surface area contributed by atoms with Crippen LogP contribution in [0.5, 0.6) is 0 Å². The maximum Gasteiger partial charge on any atom is 0.134 e. The van der Waals surface area contributed by atoms with Gasteiger partial charge >= 0.3 is 0 Å². The summed E-state index contributed by atoms with van der Waals surface area (Å²) in [5.41, 5.74) is 5.60. The zero-order chi connectivity index (χ0) is 11.3. The van der Waals surface area contributed by atoms with Crippen LogP contribution < -0.4 is 10.6 Å². The van der Waals surface area contributed by atoms with Gasteiger partial charge in [-0.15, -0.1) is 0 Å². The number of hydrogen-bond acceptors (Lipinski definition) is 5. The predicted octanol–water partition coefficient (Wildman–Crippen LogP) is 0.656. The molecule has 84 valence electrons. The van der Waals surface area contributed by atoms with Crippen molar-refractivity contribution in [1.82, 2.24) is 9.97 Å². The van der Waals surface area contributed by atoms with Gasteiger partial charge in [0.1, 0.15) is 18.0 Å². The average Bonchev–Trinajstić information content (AvgIpc) is 2.18. The minimum absolute atomic E-state index is 0.184. The lowest BCUT2D eigenvalue weighted by atomic mass is 10.3. The van der Waals surface area contributed by atoms with Crippen LogP contribution in [0.25, 0.3) is 0 Å². The third kappa shape index (κ3) is 3.36. The number of aliphatic hydroxyl groups excluding tert-OH is 1. The van der Waals surface area contributed by atoms with E-state index < -0.39 is 0 Å². The van der Waals surface area contributed by atoms with Crippen molar-refractivity contribution in [1.29, 1.82) is 0 Å². The zero-order valence-corrected chi connectivity index (χ0v) is 9.22. The Bertz CT molecular complexity index is 303. The van der Waals surface area contributed by atoms with Crippen LogP contribution in [0.2, 0.25) is 0 Å². The highest BCUT2D eigenvalue weighted by molar-refractivity contribution is 5.46. The third-order valence-electron chi connectivity index (χ3n) is 2.15. The average molecular weight is 210 g/mol. The molecule has 0 saturated carbocycles. The highest BCUT2D eigenvalue weighted by Crippen LogP contribution is 2.15. The summed E-state index contributed by atoms with van der Waals surface area (Å²) in [7, 11) is 0. The fourth-order valence-electron chi connectivity index (χ4n) is 1.40. The molecule has 0 amide bonds. The molecule has 0 aliphatic carbocycles. The molecule has 5 heteroatoms. The topological polar surface area (TPSA) is 75.3 Å². The van der Waals surface area contributed by atoms with E-state index >= 15 is 0 Å². The Hall–Kier alpha value is -1.36. The van der Waals surface area contributed by atoms with Crippen molar-refractivity contribution in [3.05, 3.63) is 12.4 Å². The molecule has 0 bridgehead atoms. The molecule has 1 aromatic heterocycles. The van der Waals surface area contributed by atoms with E-state index in [0.29, 0.717) is 11.9 Å². The lowest BCUT2D eigenvalue weighted by Crippen LogP contribution is -2.33. The second-order valence-corrected chi connectivity index (χ2v) is 3.67. The Kier molecular flexibility index (Phi) is 4.30. The molecular weight excluding hydrogens is 192 g/mol. The number of aliphatic hydroxyl groups is 1. The van der Waals surface area contributed by atoms with Gasteiger partial charge in [-0.05, 0) is 20.3 Å². The van der Waals surface area contributed by atoms with E-state index in [9.17, 15) is 0 Å². The number of nitrogen functional groups attached to an aromatic ring is 1. The highest BCUT2D eigenvalue weighted by atomic mass is 16.3. The molecule has 0 radical (unpaired) electrons. The number of nitrogens with zero attached hydrogens (tertiary/aromatic N) is 3. The first kappa shape index (κ1) is 11.7. The van der Waals surface area contributed by atoms with Gasteiger partial charge in [-0.25, -0.2) is 9.97 Å². The molecular formula is C10H18N4O. The van der Waals surface area contributed by atoms with Gasteiger partial charge in [-0.2, -0.15) is 0 Å². The van der Waals surface area contributed by atoms with E-state index in [-0.39, 0.29) is 6.61 Å². The van der Waals surface area contributed by atoms with Crippen LogP contribution in [0.1, 0.15) is 20.3 Å². The van der Waals surface area contributed by atoms with Crippen molar-refractivity contribution in [3.8, 4) is 0 Å². The molecule has 0 unspecified atom stereocenters. The zero-order valence-electron chi connectivity index (χ0n) is 9.22. The van der Waals surface area contributed by atoms with Crippen molar-refractivity contribution in [2.75, 3.05) is 23.8 Å². The first-order valence-corrected chi connectivity index (χ1v) is 5.10. The molecule has 0 aliphatic heterocycles. The first-order valence-electron chi connectivity index (χ1n) is 5.10. The van der Waals surface area contributed by atoms with Gasteiger partial charge in [-0.1, -0.05) is 0 Å². The summed E-state index contributed by atoms with van der Waals surface area (Å²) in [6.07, 6.45) is 2.18. The number of nitrogens with two attached hydrogens (primary N) is 1. The maximum absolute atomic E-state index is 8.81. The molecule has 1 heterocycles. The van der Waals surface area contributed by atoms with E-state index in [2.05, 4.69) is 28.7 Å². The summed E-state index contributed by atoms with van der Waals surface area (Å²) in [5, 5.41) is 8.81. The summed E-state index contributed by atoms with van der Waals surface area (Å²) in [6, 6.07) is 2.07. The van der Waals surface area contributed by atoms with Gasteiger partial charge in [0.05, 0.1) is 0 Å². The molecule has 0 atom stereocenters. The van der Waals surface area contributed by atoms with Gasteiger partial charge in [0.2, 0.25) is 0 Å². The van der Waals surface area contributed by atoms with Crippen LogP contribution in [0.4, 0.5) is 11.6 Å².